The Hall–Kier alpha value is -1.13. The van der Waals surface area contributed by atoms with Crippen LogP contribution in [0.2, 0.25) is 0 Å². The second kappa shape index (κ2) is 6.57. The van der Waals surface area contributed by atoms with Crippen molar-refractivity contribution in [3.63, 3.8) is 0 Å². The van der Waals surface area contributed by atoms with Crippen LogP contribution < -0.4 is 0 Å². The first-order valence-electron chi connectivity index (χ1n) is 5.66. The van der Waals surface area contributed by atoms with E-state index in [4.69, 9.17) is 5.11 Å². The highest BCUT2D eigenvalue weighted by Gasteiger charge is 2.11. The van der Waals surface area contributed by atoms with Gasteiger partial charge >= 0.3 is 5.97 Å². The molecule has 1 aliphatic heterocycles. The van der Waals surface area contributed by atoms with Crippen LogP contribution >= 0.6 is 12.4 Å². The molecule has 0 aromatic carbocycles. The minimum absolute atomic E-state index is 0. The fourth-order valence-corrected chi connectivity index (χ4v) is 1.99. The molecule has 0 bridgehead atoms. The maximum absolute atomic E-state index is 10.7. The van der Waals surface area contributed by atoms with Gasteiger partial charge in [0.25, 0.3) is 0 Å². The van der Waals surface area contributed by atoms with Gasteiger partial charge in [-0.1, -0.05) is 6.42 Å². The molecule has 1 saturated heterocycles. The number of aromatic nitrogens is 1. The smallest absolute Gasteiger partial charge is 0.337 e. The third-order valence-electron chi connectivity index (χ3n) is 2.91. The maximum atomic E-state index is 10.7. The molecule has 0 aliphatic carbocycles. The molecule has 2 rings (SSSR count). The third kappa shape index (κ3) is 3.98. The van der Waals surface area contributed by atoms with Crippen LogP contribution in [-0.2, 0) is 6.54 Å². The van der Waals surface area contributed by atoms with Crippen LogP contribution in [0.15, 0.2) is 18.3 Å². The Morgan fingerprint density at radius 1 is 1.29 bits per heavy atom. The molecule has 94 valence electrons. The van der Waals surface area contributed by atoms with Crippen molar-refractivity contribution in [2.75, 3.05) is 13.1 Å². The van der Waals surface area contributed by atoms with Crippen molar-refractivity contribution in [3.05, 3.63) is 29.6 Å². The van der Waals surface area contributed by atoms with Crippen LogP contribution in [0.5, 0.6) is 0 Å². The van der Waals surface area contributed by atoms with E-state index in [0.717, 1.165) is 25.3 Å². The fourth-order valence-electron chi connectivity index (χ4n) is 1.99. The summed E-state index contributed by atoms with van der Waals surface area (Å²) in [5, 5.41) is 8.75. The molecule has 0 amide bonds. The number of pyridine rings is 1. The molecule has 0 atom stereocenters. The van der Waals surface area contributed by atoms with Gasteiger partial charge in [-0.25, -0.2) is 4.79 Å². The normalized spacial score (nSPS) is 16.2. The number of nitrogens with zero attached hydrogens (tertiary/aromatic N) is 2. The van der Waals surface area contributed by atoms with Crippen LogP contribution in [0.4, 0.5) is 0 Å². The number of hydrogen-bond acceptors (Lipinski definition) is 3. The summed E-state index contributed by atoms with van der Waals surface area (Å²) in [6.07, 6.45) is 5.27. The highest BCUT2D eigenvalue weighted by Crippen LogP contribution is 2.11. The molecule has 4 nitrogen and oxygen atoms in total. The molecule has 5 heteroatoms. The minimum atomic E-state index is -0.919. The standard InChI is InChI=1S/C12H16N2O2.ClH/c15-12(16)10-4-5-11(13-8-10)9-14-6-2-1-3-7-14;/h4-5,8H,1-3,6-7,9H2,(H,15,16);1H. The highest BCUT2D eigenvalue weighted by molar-refractivity contribution is 5.87. The van der Waals surface area contributed by atoms with Gasteiger partial charge < -0.3 is 5.11 Å². The molecule has 2 heterocycles. The Morgan fingerprint density at radius 3 is 2.53 bits per heavy atom. The van der Waals surface area contributed by atoms with Crippen molar-refractivity contribution in [2.45, 2.75) is 25.8 Å². The van der Waals surface area contributed by atoms with E-state index in [-0.39, 0.29) is 18.0 Å². The third-order valence-corrected chi connectivity index (χ3v) is 2.91. The van der Waals surface area contributed by atoms with Crippen molar-refractivity contribution >= 4 is 18.4 Å². The topological polar surface area (TPSA) is 53.4 Å². The average molecular weight is 257 g/mol. The van der Waals surface area contributed by atoms with Crippen molar-refractivity contribution in [3.8, 4) is 0 Å². The van der Waals surface area contributed by atoms with Gasteiger partial charge in [0.1, 0.15) is 0 Å². The van der Waals surface area contributed by atoms with Gasteiger partial charge in [0.2, 0.25) is 0 Å². The summed E-state index contributed by atoms with van der Waals surface area (Å²) in [4.78, 5) is 17.2. The number of carboxylic acids is 1. The van der Waals surface area contributed by atoms with E-state index in [1.807, 2.05) is 0 Å². The molecular formula is C12H17ClN2O2. The van der Waals surface area contributed by atoms with E-state index < -0.39 is 5.97 Å². The summed E-state index contributed by atoms with van der Waals surface area (Å²) < 4.78 is 0. The summed E-state index contributed by atoms with van der Waals surface area (Å²) in [5.74, 6) is -0.919. The highest BCUT2D eigenvalue weighted by atomic mass is 35.5. The predicted octanol–water partition coefficient (Wildman–Crippen LogP) is 2.19. The van der Waals surface area contributed by atoms with Crippen LogP contribution in [0.1, 0.15) is 35.3 Å². The van der Waals surface area contributed by atoms with Gasteiger partial charge in [-0.05, 0) is 38.1 Å². The summed E-state index contributed by atoms with van der Waals surface area (Å²) in [6, 6.07) is 3.42. The molecule has 0 unspecified atom stereocenters. The molecule has 0 radical (unpaired) electrons. The molecule has 0 spiro atoms. The molecule has 1 aromatic heterocycles. The van der Waals surface area contributed by atoms with Crippen molar-refractivity contribution in [1.29, 1.82) is 0 Å². The van der Waals surface area contributed by atoms with E-state index in [9.17, 15) is 4.79 Å². The number of piperidine rings is 1. The van der Waals surface area contributed by atoms with Crippen LogP contribution in [0.25, 0.3) is 0 Å². The van der Waals surface area contributed by atoms with E-state index in [1.165, 1.54) is 25.5 Å². The number of halogens is 1. The molecular weight excluding hydrogens is 240 g/mol. The number of hydrogen-bond donors (Lipinski definition) is 1. The van der Waals surface area contributed by atoms with Crippen molar-refractivity contribution in [1.82, 2.24) is 9.88 Å². The second-order valence-corrected chi connectivity index (χ2v) is 4.18. The second-order valence-electron chi connectivity index (χ2n) is 4.18. The summed E-state index contributed by atoms with van der Waals surface area (Å²) >= 11 is 0. The first-order valence-corrected chi connectivity index (χ1v) is 5.66. The minimum Gasteiger partial charge on any atom is -0.478 e. The lowest BCUT2D eigenvalue weighted by atomic mass is 10.1. The van der Waals surface area contributed by atoms with E-state index >= 15 is 0 Å². The Morgan fingerprint density at radius 2 is 2.00 bits per heavy atom. The Labute approximate surface area is 107 Å². The molecule has 0 saturated carbocycles. The lowest BCUT2D eigenvalue weighted by Crippen LogP contribution is -2.29. The first kappa shape index (κ1) is 13.9. The number of carbonyl (C=O) groups is 1. The monoisotopic (exact) mass is 256 g/mol. The largest absolute Gasteiger partial charge is 0.478 e. The SMILES string of the molecule is Cl.O=C(O)c1ccc(CN2CCCCC2)nc1. The van der Waals surface area contributed by atoms with Crippen molar-refractivity contribution in [2.24, 2.45) is 0 Å². The molecule has 1 N–H and O–H groups in total. The lowest BCUT2D eigenvalue weighted by molar-refractivity contribution is 0.0696. The molecule has 1 aliphatic rings. The Bertz CT molecular complexity index is 361. The van der Waals surface area contributed by atoms with Gasteiger partial charge in [-0.3, -0.25) is 9.88 Å². The summed E-state index contributed by atoms with van der Waals surface area (Å²) in [7, 11) is 0. The zero-order valence-electron chi connectivity index (χ0n) is 9.63. The van der Waals surface area contributed by atoms with Gasteiger partial charge in [0.15, 0.2) is 0 Å². The van der Waals surface area contributed by atoms with Crippen molar-refractivity contribution < 1.29 is 9.90 Å². The van der Waals surface area contributed by atoms with Gasteiger partial charge in [0.05, 0.1) is 11.3 Å². The fraction of sp³-hybridized carbons (Fsp3) is 0.500. The van der Waals surface area contributed by atoms with E-state index in [0.29, 0.717) is 0 Å². The molecule has 17 heavy (non-hydrogen) atoms. The molecule has 1 fully saturated rings. The maximum Gasteiger partial charge on any atom is 0.337 e. The first-order chi connectivity index (χ1) is 7.75. The number of carboxylic acid groups (broad SMARTS) is 1. The lowest BCUT2D eigenvalue weighted by Gasteiger charge is -2.25. The van der Waals surface area contributed by atoms with Gasteiger partial charge in [-0.15, -0.1) is 12.4 Å². The zero-order chi connectivity index (χ0) is 11.4. The summed E-state index contributed by atoms with van der Waals surface area (Å²) in [6.45, 7) is 3.09. The summed E-state index contributed by atoms with van der Waals surface area (Å²) in [5.41, 5.74) is 1.20. The van der Waals surface area contributed by atoms with E-state index in [1.54, 1.807) is 12.1 Å². The van der Waals surface area contributed by atoms with E-state index in [2.05, 4.69) is 9.88 Å². The van der Waals surface area contributed by atoms with Gasteiger partial charge in [0, 0.05) is 12.7 Å². The average Bonchev–Trinajstić information content (AvgIpc) is 2.31. The Kier molecular flexibility index (Phi) is 5.38. The van der Waals surface area contributed by atoms with Crippen LogP contribution in [0, 0.1) is 0 Å². The quantitative estimate of drug-likeness (QED) is 0.901. The van der Waals surface area contributed by atoms with Gasteiger partial charge in [-0.2, -0.15) is 0 Å². The van der Waals surface area contributed by atoms with Crippen LogP contribution in [0.3, 0.4) is 0 Å². The molecule has 1 aromatic rings. The number of rotatable bonds is 3. The number of likely N-dealkylation sites (tertiary alicyclic amines) is 1. The predicted molar refractivity (Wildman–Crippen MR) is 67.6 cm³/mol. The van der Waals surface area contributed by atoms with Crippen LogP contribution in [-0.4, -0.2) is 34.0 Å². The Balaban J connectivity index is 0.00000144. The number of aromatic carboxylic acids is 1. The zero-order valence-corrected chi connectivity index (χ0v) is 10.4.